The van der Waals surface area contributed by atoms with Crippen LogP contribution in [0.15, 0.2) is 34.7 Å². The van der Waals surface area contributed by atoms with Crippen LogP contribution in [0.5, 0.6) is 5.19 Å². The van der Waals surface area contributed by atoms with Crippen LogP contribution in [0.1, 0.15) is 6.42 Å². The van der Waals surface area contributed by atoms with Crippen LogP contribution in [0.3, 0.4) is 0 Å². The van der Waals surface area contributed by atoms with Crippen LogP contribution in [0.25, 0.3) is 0 Å². The molecule has 22 heavy (non-hydrogen) atoms. The average molecular weight is 346 g/mol. The van der Waals surface area contributed by atoms with Gasteiger partial charge in [0, 0.05) is 18.1 Å². The van der Waals surface area contributed by atoms with Crippen LogP contribution in [0.2, 0.25) is 0 Å². The summed E-state index contributed by atoms with van der Waals surface area (Å²) in [5.74, 6) is -2.26. The summed E-state index contributed by atoms with van der Waals surface area (Å²) in [7, 11) is -3.86. The second-order valence-corrected chi connectivity index (χ2v) is 7.56. The maximum Gasteiger partial charge on any atom is 0.273 e. The molecule has 1 atom stereocenters. The molecule has 9 heteroatoms. The van der Waals surface area contributed by atoms with Gasteiger partial charge >= 0.3 is 0 Å². The first-order valence-electron chi connectivity index (χ1n) is 6.48. The van der Waals surface area contributed by atoms with Crippen molar-refractivity contribution in [1.29, 1.82) is 0 Å². The van der Waals surface area contributed by atoms with Gasteiger partial charge in [-0.1, -0.05) is 11.3 Å². The van der Waals surface area contributed by atoms with Gasteiger partial charge in [0.05, 0.1) is 11.4 Å². The molecule has 118 valence electrons. The molecule has 0 saturated carbocycles. The van der Waals surface area contributed by atoms with Crippen LogP contribution in [-0.2, 0) is 10.0 Å². The molecular formula is C13H12F2N2O3S2. The predicted octanol–water partition coefficient (Wildman–Crippen LogP) is 2.26. The number of nitrogens with zero attached hydrogens (tertiary/aromatic N) is 2. The zero-order valence-electron chi connectivity index (χ0n) is 11.3. The van der Waals surface area contributed by atoms with E-state index in [4.69, 9.17) is 4.74 Å². The third-order valence-electron chi connectivity index (χ3n) is 3.31. The van der Waals surface area contributed by atoms with E-state index in [2.05, 4.69) is 4.98 Å². The molecule has 1 aliphatic rings. The molecule has 1 aromatic carbocycles. The summed E-state index contributed by atoms with van der Waals surface area (Å²) < 4.78 is 57.8. The van der Waals surface area contributed by atoms with Crippen molar-refractivity contribution in [2.24, 2.45) is 0 Å². The SMILES string of the molecule is O=S(=O)(c1ccc(F)c(F)c1)N1CCC(Oc2nccs2)C1. The van der Waals surface area contributed by atoms with Crippen molar-refractivity contribution < 1.29 is 21.9 Å². The molecule has 1 unspecified atom stereocenters. The Morgan fingerprint density at radius 3 is 2.82 bits per heavy atom. The Balaban J connectivity index is 1.74. The highest BCUT2D eigenvalue weighted by molar-refractivity contribution is 7.89. The molecule has 1 saturated heterocycles. The summed E-state index contributed by atoms with van der Waals surface area (Å²) in [5, 5.41) is 2.25. The van der Waals surface area contributed by atoms with Crippen LogP contribution >= 0.6 is 11.3 Å². The van der Waals surface area contributed by atoms with Gasteiger partial charge in [-0.25, -0.2) is 22.2 Å². The number of aromatic nitrogens is 1. The fourth-order valence-corrected chi connectivity index (χ4v) is 4.26. The lowest BCUT2D eigenvalue weighted by Crippen LogP contribution is -2.31. The lowest BCUT2D eigenvalue weighted by Gasteiger charge is -2.16. The third-order valence-corrected chi connectivity index (χ3v) is 5.84. The fraction of sp³-hybridized carbons (Fsp3) is 0.308. The molecule has 0 amide bonds. The first-order chi connectivity index (χ1) is 10.5. The van der Waals surface area contributed by atoms with E-state index in [9.17, 15) is 17.2 Å². The molecular weight excluding hydrogens is 334 g/mol. The molecule has 2 heterocycles. The van der Waals surface area contributed by atoms with E-state index in [0.717, 1.165) is 12.1 Å². The molecule has 5 nitrogen and oxygen atoms in total. The maximum absolute atomic E-state index is 13.2. The number of hydrogen-bond donors (Lipinski definition) is 0. The van der Waals surface area contributed by atoms with Crippen molar-refractivity contribution in [1.82, 2.24) is 9.29 Å². The standard InChI is InChI=1S/C13H12F2N2O3S2/c14-11-2-1-10(7-12(11)15)22(18,19)17-5-3-9(8-17)20-13-16-4-6-21-13/h1-2,4,6-7,9H,3,5,8H2. The lowest BCUT2D eigenvalue weighted by atomic mass is 10.3. The number of rotatable bonds is 4. The van der Waals surface area contributed by atoms with Crippen LogP contribution in [-0.4, -0.2) is 36.9 Å². The highest BCUT2D eigenvalue weighted by atomic mass is 32.2. The van der Waals surface area contributed by atoms with Gasteiger partial charge in [-0.2, -0.15) is 4.31 Å². The number of sulfonamides is 1. The molecule has 0 spiro atoms. The van der Waals surface area contributed by atoms with E-state index in [-0.39, 0.29) is 24.1 Å². The largest absolute Gasteiger partial charge is 0.465 e. The maximum atomic E-state index is 13.2. The molecule has 1 aliphatic heterocycles. The Kier molecular flexibility index (Phi) is 4.11. The summed E-state index contributed by atoms with van der Waals surface area (Å²) in [4.78, 5) is 3.72. The Morgan fingerprint density at radius 1 is 1.32 bits per heavy atom. The summed E-state index contributed by atoms with van der Waals surface area (Å²) >= 11 is 1.33. The number of thiazole rings is 1. The second kappa shape index (κ2) is 5.90. The van der Waals surface area contributed by atoms with Gasteiger partial charge in [0.2, 0.25) is 10.0 Å². The molecule has 0 bridgehead atoms. The van der Waals surface area contributed by atoms with E-state index in [0.29, 0.717) is 17.7 Å². The highest BCUT2D eigenvalue weighted by Gasteiger charge is 2.34. The predicted molar refractivity (Wildman–Crippen MR) is 76.3 cm³/mol. The smallest absolute Gasteiger partial charge is 0.273 e. The average Bonchev–Trinajstić information content (AvgIpc) is 3.14. The minimum atomic E-state index is -3.86. The van der Waals surface area contributed by atoms with Crippen LogP contribution < -0.4 is 4.74 Å². The van der Waals surface area contributed by atoms with Crippen LogP contribution in [0.4, 0.5) is 8.78 Å². The van der Waals surface area contributed by atoms with Crippen molar-refractivity contribution in [3.63, 3.8) is 0 Å². The zero-order chi connectivity index (χ0) is 15.7. The Bertz CT molecular complexity index is 766. The molecule has 0 aliphatic carbocycles. The Labute approximate surface area is 130 Å². The van der Waals surface area contributed by atoms with E-state index >= 15 is 0 Å². The number of halogens is 2. The second-order valence-electron chi connectivity index (χ2n) is 4.77. The van der Waals surface area contributed by atoms with Gasteiger partial charge in [0.25, 0.3) is 5.19 Å². The van der Waals surface area contributed by atoms with Gasteiger partial charge in [-0.15, -0.1) is 0 Å². The van der Waals surface area contributed by atoms with Gasteiger partial charge in [-0.3, -0.25) is 0 Å². The van der Waals surface area contributed by atoms with Crippen molar-refractivity contribution in [2.45, 2.75) is 17.4 Å². The number of ether oxygens (including phenoxy) is 1. The van der Waals surface area contributed by atoms with Crippen LogP contribution in [0, 0.1) is 11.6 Å². The van der Waals surface area contributed by atoms with Crippen molar-refractivity contribution in [3.05, 3.63) is 41.4 Å². The minimum absolute atomic E-state index is 0.154. The molecule has 1 aromatic heterocycles. The van der Waals surface area contributed by atoms with Crippen molar-refractivity contribution >= 4 is 21.4 Å². The Morgan fingerprint density at radius 2 is 2.14 bits per heavy atom. The fourth-order valence-electron chi connectivity index (χ4n) is 2.21. The summed E-state index contributed by atoms with van der Waals surface area (Å²) in [5.41, 5.74) is 0. The number of benzene rings is 1. The lowest BCUT2D eigenvalue weighted by molar-refractivity contribution is 0.214. The summed E-state index contributed by atoms with van der Waals surface area (Å²) in [6, 6.07) is 2.56. The van der Waals surface area contributed by atoms with Gasteiger partial charge in [-0.05, 0) is 24.6 Å². The minimum Gasteiger partial charge on any atom is -0.465 e. The van der Waals surface area contributed by atoms with E-state index in [1.807, 2.05) is 0 Å². The highest BCUT2D eigenvalue weighted by Crippen LogP contribution is 2.25. The molecule has 2 aromatic rings. The topological polar surface area (TPSA) is 59.5 Å². The Hall–Kier alpha value is -1.58. The van der Waals surface area contributed by atoms with E-state index in [1.165, 1.54) is 15.6 Å². The molecule has 0 N–H and O–H groups in total. The quantitative estimate of drug-likeness (QED) is 0.852. The third kappa shape index (κ3) is 2.96. The number of hydrogen-bond acceptors (Lipinski definition) is 5. The van der Waals surface area contributed by atoms with Crippen molar-refractivity contribution in [2.75, 3.05) is 13.1 Å². The molecule has 1 fully saturated rings. The van der Waals surface area contributed by atoms with Gasteiger partial charge in [0.1, 0.15) is 6.10 Å². The van der Waals surface area contributed by atoms with E-state index in [1.54, 1.807) is 11.6 Å². The first kappa shape index (κ1) is 15.3. The monoisotopic (exact) mass is 346 g/mol. The zero-order valence-corrected chi connectivity index (χ0v) is 12.9. The summed E-state index contributed by atoms with van der Waals surface area (Å²) in [6.07, 6.45) is 1.82. The first-order valence-corrected chi connectivity index (χ1v) is 8.80. The molecule has 0 radical (unpaired) electrons. The summed E-state index contributed by atoms with van der Waals surface area (Å²) in [6.45, 7) is 0.415. The molecule has 3 rings (SSSR count). The van der Waals surface area contributed by atoms with Crippen molar-refractivity contribution in [3.8, 4) is 5.19 Å². The van der Waals surface area contributed by atoms with E-state index < -0.39 is 21.7 Å². The van der Waals surface area contributed by atoms with Gasteiger partial charge in [0.15, 0.2) is 11.6 Å². The van der Waals surface area contributed by atoms with Gasteiger partial charge < -0.3 is 4.74 Å². The normalized spacial score (nSPS) is 19.5.